The van der Waals surface area contributed by atoms with Crippen LogP contribution in [0.25, 0.3) is 0 Å². The summed E-state index contributed by atoms with van der Waals surface area (Å²) in [4.78, 5) is 0. The normalized spacial score (nSPS) is 24.7. The number of aryl methyl sites for hydroxylation is 1. The molecule has 0 fully saturated rings. The average Bonchev–Trinajstić information content (AvgIpc) is 2.40. The van der Waals surface area contributed by atoms with E-state index in [1.165, 1.54) is 23.4 Å². The zero-order chi connectivity index (χ0) is 10.9. The summed E-state index contributed by atoms with van der Waals surface area (Å²) in [7, 11) is 0. The smallest absolute Gasteiger partial charge is 0.0578 e. The van der Waals surface area contributed by atoms with Gasteiger partial charge in [0, 0.05) is 18.5 Å². The van der Waals surface area contributed by atoms with E-state index in [1.807, 2.05) is 0 Å². The second-order valence-corrected chi connectivity index (χ2v) is 4.92. The van der Waals surface area contributed by atoms with Gasteiger partial charge in [0.05, 0.1) is 11.4 Å². The number of fused-ring (bicyclic) bond motifs is 1. The van der Waals surface area contributed by atoms with E-state index < -0.39 is 0 Å². The van der Waals surface area contributed by atoms with Crippen molar-refractivity contribution in [2.75, 3.05) is 23.7 Å². The lowest BCUT2D eigenvalue weighted by molar-refractivity contribution is 0.361. The highest BCUT2D eigenvalue weighted by Crippen LogP contribution is 2.31. The van der Waals surface area contributed by atoms with Crippen molar-refractivity contribution in [1.29, 1.82) is 0 Å². The molecule has 0 aliphatic carbocycles. The van der Waals surface area contributed by atoms with Crippen LogP contribution in [0.1, 0.15) is 25.8 Å². The van der Waals surface area contributed by atoms with Gasteiger partial charge in [-0.2, -0.15) is 0 Å². The van der Waals surface area contributed by atoms with Crippen molar-refractivity contribution >= 4 is 11.4 Å². The number of nitrogens with one attached hydrogen (secondary N) is 2. The number of rotatable bonds is 1. The van der Waals surface area contributed by atoms with Gasteiger partial charge in [0.2, 0.25) is 0 Å². The largest absolute Gasteiger partial charge is 0.383 e. The molecule has 1 aromatic carbocycles. The Kier molecular flexibility index (Phi) is 2.59. The quantitative estimate of drug-likeness (QED) is 0.733. The molecular weight excluding hydrogens is 184 g/mol. The van der Waals surface area contributed by atoms with Crippen LogP contribution in [-0.2, 0) is 0 Å². The molecule has 0 radical (unpaired) electrons. The molecule has 1 unspecified atom stereocenters. The summed E-state index contributed by atoms with van der Waals surface area (Å²) in [5.41, 5.74) is 4.14. The summed E-state index contributed by atoms with van der Waals surface area (Å²) in [6.45, 7) is 8.81. The first kappa shape index (κ1) is 10.3. The standard InChI is InChI=1S/C13H20N2/c1-4-13(3)8-14-11-6-5-10(2)7-12(11)15-9-13/h5-7,14-15H,4,8-9H2,1-3H3. The molecule has 0 spiro atoms. The monoisotopic (exact) mass is 204 g/mol. The molecule has 1 aliphatic heterocycles. The van der Waals surface area contributed by atoms with Gasteiger partial charge in [-0.05, 0) is 31.0 Å². The van der Waals surface area contributed by atoms with Crippen LogP contribution in [0, 0.1) is 12.3 Å². The lowest BCUT2D eigenvalue weighted by atomic mass is 9.88. The van der Waals surface area contributed by atoms with Crippen LogP contribution in [0.4, 0.5) is 11.4 Å². The molecule has 2 rings (SSSR count). The van der Waals surface area contributed by atoms with E-state index >= 15 is 0 Å². The highest BCUT2D eigenvalue weighted by atomic mass is 15.0. The summed E-state index contributed by atoms with van der Waals surface area (Å²) in [6.07, 6.45) is 1.19. The van der Waals surface area contributed by atoms with Crippen LogP contribution in [-0.4, -0.2) is 13.1 Å². The molecule has 2 nitrogen and oxygen atoms in total. The molecule has 2 N–H and O–H groups in total. The molecule has 1 aromatic rings. The van der Waals surface area contributed by atoms with Gasteiger partial charge in [-0.25, -0.2) is 0 Å². The third kappa shape index (κ3) is 2.09. The summed E-state index contributed by atoms with van der Waals surface area (Å²) in [6, 6.07) is 6.53. The number of hydrogen-bond acceptors (Lipinski definition) is 2. The third-order valence-electron chi connectivity index (χ3n) is 3.44. The fourth-order valence-corrected chi connectivity index (χ4v) is 1.89. The summed E-state index contributed by atoms with van der Waals surface area (Å²) in [5, 5.41) is 7.08. The fourth-order valence-electron chi connectivity index (χ4n) is 1.89. The van der Waals surface area contributed by atoms with E-state index in [-0.39, 0.29) is 0 Å². The lowest BCUT2D eigenvalue weighted by Crippen LogP contribution is -2.30. The Morgan fingerprint density at radius 2 is 1.87 bits per heavy atom. The Hall–Kier alpha value is -1.18. The molecule has 2 heteroatoms. The van der Waals surface area contributed by atoms with E-state index in [9.17, 15) is 0 Å². The Morgan fingerprint density at radius 1 is 1.20 bits per heavy atom. The Bertz CT molecular complexity index is 360. The van der Waals surface area contributed by atoms with Crippen molar-refractivity contribution < 1.29 is 0 Å². The van der Waals surface area contributed by atoms with Gasteiger partial charge in [-0.15, -0.1) is 0 Å². The van der Waals surface area contributed by atoms with Crippen molar-refractivity contribution in [3.8, 4) is 0 Å². The first-order chi connectivity index (χ1) is 7.13. The molecule has 0 bridgehead atoms. The van der Waals surface area contributed by atoms with Gasteiger partial charge in [-0.3, -0.25) is 0 Å². The highest BCUT2D eigenvalue weighted by Gasteiger charge is 2.24. The predicted molar refractivity (Wildman–Crippen MR) is 66.6 cm³/mol. The summed E-state index contributed by atoms with van der Waals surface area (Å²) < 4.78 is 0. The molecule has 0 saturated carbocycles. The van der Waals surface area contributed by atoms with Crippen LogP contribution in [0.3, 0.4) is 0 Å². The lowest BCUT2D eigenvalue weighted by Gasteiger charge is -2.26. The van der Waals surface area contributed by atoms with Crippen molar-refractivity contribution in [1.82, 2.24) is 0 Å². The molecule has 0 aromatic heterocycles. The van der Waals surface area contributed by atoms with E-state index in [0.29, 0.717) is 5.41 Å². The van der Waals surface area contributed by atoms with Crippen LogP contribution in [0.5, 0.6) is 0 Å². The molecule has 82 valence electrons. The maximum absolute atomic E-state index is 3.54. The zero-order valence-electron chi connectivity index (χ0n) is 9.85. The number of benzene rings is 1. The Balaban J connectivity index is 2.25. The van der Waals surface area contributed by atoms with Crippen LogP contribution in [0.2, 0.25) is 0 Å². The molecule has 1 aliphatic rings. The molecule has 0 amide bonds. The van der Waals surface area contributed by atoms with Crippen molar-refractivity contribution in [3.05, 3.63) is 23.8 Å². The minimum absolute atomic E-state index is 0.354. The highest BCUT2D eigenvalue weighted by molar-refractivity contribution is 5.70. The molecule has 0 saturated heterocycles. The predicted octanol–water partition coefficient (Wildman–Crippen LogP) is 3.25. The zero-order valence-corrected chi connectivity index (χ0v) is 9.85. The van der Waals surface area contributed by atoms with Crippen LogP contribution < -0.4 is 10.6 Å². The van der Waals surface area contributed by atoms with Crippen LogP contribution >= 0.6 is 0 Å². The first-order valence-corrected chi connectivity index (χ1v) is 5.71. The first-order valence-electron chi connectivity index (χ1n) is 5.71. The Labute approximate surface area is 92.1 Å². The minimum atomic E-state index is 0.354. The third-order valence-corrected chi connectivity index (χ3v) is 3.44. The van der Waals surface area contributed by atoms with Crippen molar-refractivity contribution in [2.45, 2.75) is 27.2 Å². The van der Waals surface area contributed by atoms with Crippen molar-refractivity contribution in [3.63, 3.8) is 0 Å². The summed E-state index contributed by atoms with van der Waals surface area (Å²) >= 11 is 0. The maximum Gasteiger partial charge on any atom is 0.0578 e. The minimum Gasteiger partial charge on any atom is -0.383 e. The van der Waals surface area contributed by atoms with Gasteiger partial charge in [-0.1, -0.05) is 19.9 Å². The van der Waals surface area contributed by atoms with Gasteiger partial charge < -0.3 is 10.6 Å². The second kappa shape index (κ2) is 3.76. The second-order valence-electron chi connectivity index (χ2n) is 4.92. The van der Waals surface area contributed by atoms with E-state index in [0.717, 1.165) is 13.1 Å². The SMILES string of the molecule is CCC1(C)CNc2ccc(C)cc2NC1. The fraction of sp³-hybridized carbons (Fsp3) is 0.538. The average molecular weight is 204 g/mol. The van der Waals surface area contributed by atoms with E-state index in [1.54, 1.807) is 0 Å². The van der Waals surface area contributed by atoms with Gasteiger partial charge in [0.15, 0.2) is 0 Å². The molecular formula is C13H20N2. The Morgan fingerprint density at radius 3 is 2.53 bits per heavy atom. The topological polar surface area (TPSA) is 24.1 Å². The van der Waals surface area contributed by atoms with Gasteiger partial charge in [0.25, 0.3) is 0 Å². The number of anilines is 2. The molecule has 1 atom stereocenters. The van der Waals surface area contributed by atoms with E-state index in [4.69, 9.17) is 0 Å². The van der Waals surface area contributed by atoms with E-state index in [2.05, 4.69) is 49.6 Å². The summed E-state index contributed by atoms with van der Waals surface area (Å²) in [5.74, 6) is 0. The molecule has 1 heterocycles. The van der Waals surface area contributed by atoms with Gasteiger partial charge >= 0.3 is 0 Å². The van der Waals surface area contributed by atoms with Crippen LogP contribution in [0.15, 0.2) is 18.2 Å². The van der Waals surface area contributed by atoms with Crippen molar-refractivity contribution in [2.24, 2.45) is 5.41 Å². The number of hydrogen-bond donors (Lipinski definition) is 2. The maximum atomic E-state index is 3.54. The molecule has 15 heavy (non-hydrogen) atoms. The van der Waals surface area contributed by atoms with Gasteiger partial charge in [0.1, 0.15) is 0 Å².